The zero-order valence-corrected chi connectivity index (χ0v) is 13.8. The number of aromatic carboxylic acids is 4. The Bertz CT molecular complexity index is 987. The zero-order chi connectivity index (χ0) is 20.3. The number of allylic oxidation sites excluding steroid dienone is 1. The lowest BCUT2D eigenvalue weighted by molar-refractivity contribution is 0.0620. The standard InChI is InChI=1S/C19H14O8/c1-2-5-9-6-3-4-7-10(9)11-8-12(16(20)21)14(18(24)25)15(19(26)27)13(11)17(22)23/h2-4,6-8H,1,5H2,(H,20,21)(H,22,23)(H,24,25)(H,26,27). The van der Waals surface area contributed by atoms with Gasteiger partial charge in [-0.05, 0) is 29.2 Å². The van der Waals surface area contributed by atoms with Crippen LogP contribution in [0.5, 0.6) is 0 Å². The van der Waals surface area contributed by atoms with Crippen LogP contribution < -0.4 is 0 Å². The summed E-state index contributed by atoms with van der Waals surface area (Å²) in [5.74, 6) is -7.07. The first-order valence-corrected chi connectivity index (χ1v) is 7.54. The van der Waals surface area contributed by atoms with Gasteiger partial charge < -0.3 is 20.4 Å². The van der Waals surface area contributed by atoms with E-state index in [-0.39, 0.29) is 11.1 Å². The Morgan fingerprint density at radius 1 is 0.778 bits per heavy atom. The lowest BCUT2D eigenvalue weighted by atomic mass is 9.86. The molecule has 0 saturated heterocycles. The quantitative estimate of drug-likeness (QED) is 0.544. The van der Waals surface area contributed by atoms with Gasteiger partial charge in [0, 0.05) is 0 Å². The van der Waals surface area contributed by atoms with Crippen molar-refractivity contribution in [2.75, 3.05) is 0 Å². The van der Waals surface area contributed by atoms with Crippen LogP contribution in [0.25, 0.3) is 11.1 Å². The second kappa shape index (κ2) is 7.52. The van der Waals surface area contributed by atoms with Crippen molar-refractivity contribution in [3.05, 3.63) is 70.8 Å². The van der Waals surface area contributed by atoms with Crippen LogP contribution in [0.2, 0.25) is 0 Å². The maximum Gasteiger partial charge on any atom is 0.337 e. The van der Waals surface area contributed by atoms with E-state index in [0.717, 1.165) is 6.07 Å². The largest absolute Gasteiger partial charge is 0.478 e. The van der Waals surface area contributed by atoms with Crippen molar-refractivity contribution in [2.45, 2.75) is 6.42 Å². The molecule has 2 rings (SSSR count). The van der Waals surface area contributed by atoms with Crippen LogP contribution in [-0.4, -0.2) is 44.3 Å². The highest BCUT2D eigenvalue weighted by Gasteiger charge is 2.33. The Morgan fingerprint density at radius 2 is 1.33 bits per heavy atom. The molecule has 4 N–H and O–H groups in total. The highest BCUT2D eigenvalue weighted by Crippen LogP contribution is 2.34. The third-order valence-electron chi connectivity index (χ3n) is 3.87. The van der Waals surface area contributed by atoms with Crippen LogP contribution in [-0.2, 0) is 6.42 Å². The molecule has 0 aromatic heterocycles. The van der Waals surface area contributed by atoms with Crippen LogP contribution in [0.4, 0.5) is 0 Å². The van der Waals surface area contributed by atoms with Gasteiger partial charge in [0.2, 0.25) is 0 Å². The average Bonchev–Trinajstić information content (AvgIpc) is 2.60. The number of carbonyl (C=O) groups is 4. The van der Waals surface area contributed by atoms with Crippen molar-refractivity contribution in [3.8, 4) is 11.1 Å². The lowest BCUT2D eigenvalue weighted by Gasteiger charge is -2.16. The molecule has 8 nitrogen and oxygen atoms in total. The van der Waals surface area contributed by atoms with Gasteiger partial charge in [-0.3, -0.25) is 0 Å². The number of hydrogen-bond donors (Lipinski definition) is 4. The molecule has 138 valence electrons. The van der Waals surface area contributed by atoms with E-state index in [1.165, 1.54) is 6.07 Å². The summed E-state index contributed by atoms with van der Waals surface area (Å²) in [4.78, 5) is 46.6. The van der Waals surface area contributed by atoms with E-state index < -0.39 is 46.1 Å². The Morgan fingerprint density at radius 3 is 1.81 bits per heavy atom. The third kappa shape index (κ3) is 3.54. The molecule has 0 saturated carbocycles. The van der Waals surface area contributed by atoms with E-state index in [2.05, 4.69) is 6.58 Å². The van der Waals surface area contributed by atoms with Gasteiger partial charge in [-0.2, -0.15) is 0 Å². The molecular weight excluding hydrogens is 356 g/mol. The minimum Gasteiger partial charge on any atom is -0.478 e. The van der Waals surface area contributed by atoms with Gasteiger partial charge in [-0.15, -0.1) is 6.58 Å². The number of carboxylic acid groups (broad SMARTS) is 4. The van der Waals surface area contributed by atoms with Crippen molar-refractivity contribution in [3.63, 3.8) is 0 Å². The Hall–Kier alpha value is -3.94. The fourth-order valence-electron chi connectivity index (χ4n) is 2.84. The molecule has 0 heterocycles. The van der Waals surface area contributed by atoms with Gasteiger partial charge in [0.1, 0.15) is 0 Å². The Kier molecular flexibility index (Phi) is 5.40. The van der Waals surface area contributed by atoms with E-state index in [1.54, 1.807) is 24.3 Å². The maximum atomic E-state index is 11.8. The number of carboxylic acids is 4. The molecule has 0 aliphatic rings. The summed E-state index contributed by atoms with van der Waals surface area (Å²) in [7, 11) is 0. The van der Waals surface area contributed by atoms with Gasteiger partial charge >= 0.3 is 23.9 Å². The highest BCUT2D eigenvalue weighted by molar-refractivity contribution is 6.16. The first kappa shape index (κ1) is 19.4. The minimum atomic E-state index is -1.85. The first-order chi connectivity index (χ1) is 12.7. The molecule has 0 fully saturated rings. The normalized spacial score (nSPS) is 10.2. The van der Waals surface area contributed by atoms with Gasteiger partial charge in [-0.25, -0.2) is 19.2 Å². The molecule has 27 heavy (non-hydrogen) atoms. The molecule has 0 unspecified atom stereocenters. The predicted octanol–water partition coefficient (Wildman–Crippen LogP) is 2.87. The molecular formula is C19H14O8. The van der Waals surface area contributed by atoms with E-state index >= 15 is 0 Å². The van der Waals surface area contributed by atoms with Crippen molar-refractivity contribution < 1.29 is 39.6 Å². The number of benzene rings is 2. The topological polar surface area (TPSA) is 149 Å². The molecule has 0 atom stereocenters. The molecule has 0 spiro atoms. The fraction of sp³-hybridized carbons (Fsp3) is 0.0526. The second-order valence-corrected chi connectivity index (χ2v) is 5.47. The summed E-state index contributed by atoms with van der Waals surface area (Å²) in [5, 5.41) is 37.7. The summed E-state index contributed by atoms with van der Waals surface area (Å²) < 4.78 is 0. The average molecular weight is 370 g/mol. The van der Waals surface area contributed by atoms with E-state index in [0.29, 0.717) is 12.0 Å². The molecule has 8 heteroatoms. The van der Waals surface area contributed by atoms with Crippen molar-refractivity contribution in [1.29, 1.82) is 0 Å². The molecule has 0 aliphatic heterocycles. The van der Waals surface area contributed by atoms with E-state index in [9.17, 15) is 39.6 Å². The molecule has 0 amide bonds. The summed E-state index contributed by atoms with van der Waals surface area (Å²) in [6.07, 6.45) is 1.85. The van der Waals surface area contributed by atoms with Crippen LogP contribution >= 0.6 is 0 Å². The molecule has 2 aromatic rings. The highest BCUT2D eigenvalue weighted by atomic mass is 16.4. The van der Waals surface area contributed by atoms with Crippen LogP contribution in [0.1, 0.15) is 47.0 Å². The monoisotopic (exact) mass is 370 g/mol. The first-order valence-electron chi connectivity index (χ1n) is 7.54. The lowest BCUT2D eigenvalue weighted by Crippen LogP contribution is -2.20. The van der Waals surface area contributed by atoms with Crippen molar-refractivity contribution in [2.24, 2.45) is 0 Å². The second-order valence-electron chi connectivity index (χ2n) is 5.47. The summed E-state index contributed by atoms with van der Waals surface area (Å²) in [6.45, 7) is 3.59. The minimum absolute atomic E-state index is 0.195. The SMILES string of the molecule is C=CCc1ccccc1-c1cc(C(=O)O)c(C(=O)O)c(C(=O)O)c1C(=O)O. The van der Waals surface area contributed by atoms with Crippen LogP contribution in [0, 0.1) is 0 Å². The molecule has 0 radical (unpaired) electrons. The Labute approximate surface area is 152 Å². The third-order valence-corrected chi connectivity index (χ3v) is 3.87. The Balaban J connectivity index is 3.09. The predicted molar refractivity (Wildman–Crippen MR) is 93.6 cm³/mol. The smallest absolute Gasteiger partial charge is 0.337 e. The van der Waals surface area contributed by atoms with E-state index in [4.69, 9.17) is 0 Å². The fourth-order valence-corrected chi connectivity index (χ4v) is 2.84. The zero-order valence-electron chi connectivity index (χ0n) is 13.8. The summed E-state index contributed by atoms with van der Waals surface area (Å²) >= 11 is 0. The summed E-state index contributed by atoms with van der Waals surface area (Å²) in [5.41, 5.74) is -3.12. The molecule has 2 aromatic carbocycles. The maximum absolute atomic E-state index is 11.8. The van der Waals surface area contributed by atoms with Gasteiger partial charge in [-0.1, -0.05) is 30.3 Å². The van der Waals surface area contributed by atoms with Crippen molar-refractivity contribution in [1.82, 2.24) is 0 Å². The van der Waals surface area contributed by atoms with Gasteiger partial charge in [0.15, 0.2) is 0 Å². The molecule has 0 aliphatic carbocycles. The van der Waals surface area contributed by atoms with Gasteiger partial charge in [0.25, 0.3) is 0 Å². The van der Waals surface area contributed by atoms with Crippen LogP contribution in [0.15, 0.2) is 43.0 Å². The molecule has 0 bridgehead atoms. The van der Waals surface area contributed by atoms with E-state index in [1.807, 2.05) is 0 Å². The number of rotatable bonds is 7. The summed E-state index contributed by atoms with van der Waals surface area (Å²) in [6, 6.07) is 7.26. The van der Waals surface area contributed by atoms with Crippen molar-refractivity contribution >= 4 is 23.9 Å². The van der Waals surface area contributed by atoms with Crippen LogP contribution in [0.3, 0.4) is 0 Å². The number of hydrogen-bond acceptors (Lipinski definition) is 4. The van der Waals surface area contributed by atoms with Gasteiger partial charge in [0.05, 0.1) is 22.3 Å².